The Morgan fingerprint density at radius 3 is 2.14 bits per heavy atom. The van der Waals surface area contributed by atoms with Gasteiger partial charge < -0.3 is 29.6 Å². The second kappa shape index (κ2) is 12.2. The summed E-state index contributed by atoms with van der Waals surface area (Å²) in [7, 11) is 6.58. The van der Waals surface area contributed by atoms with Crippen LogP contribution in [0.2, 0.25) is 0 Å². The number of nitrogens with zero attached hydrogens (tertiary/aromatic N) is 1. The van der Waals surface area contributed by atoms with E-state index in [4.69, 9.17) is 18.9 Å². The lowest BCUT2D eigenvalue weighted by Crippen LogP contribution is -2.30. The first-order valence-corrected chi connectivity index (χ1v) is 8.64. The Kier molecular flexibility index (Phi) is 10.3. The van der Waals surface area contributed by atoms with Crippen LogP contribution in [0.4, 0.5) is 5.69 Å². The van der Waals surface area contributed by atoms with Crippen molar-refractivity contribution in [2.45, 2.75) is 13.5 Å². The summed E-state index contributed by atoms with van der Waals surface area (Å²) < 4.78 is 21.5. The van der Waals surface area contributed by atoms with Gasteiger partial charge in [0.1, 0.15) is 0 Å². The zero-order valence-electron chi connectivity index (χ0n) is 16.9. The number of hydrogen-bond donors (Lipinski definition) is 2. The van der Waals surface area contributed by atoms with Gasteiger partial charge in [0.25, 0.3) is 0 Å². The molecule has 0 spiro atoms. The van der Waals surface area contributed by atoms with Crippen LogP contribution >= 0.6 is 24.0 Å². The van der Waals surface area contributed by atoms with Crippen LogP contribution in [0.15, 0.2) is 41.4 Å². The molecular weight excluding hydrogens is 473 g/mol. The largest absolute Gasteiger partial charge is 0.493 e. The van der Waals surface area contributed by atoms with Gasteiger partial charge >= 0.3 is 0 Å². The molecule has 7 nitrogen and oxygen atoms in total. The quantitative estimate of drug-likeness (QED) is 0.325. The van der Waals surface area contributed by atoms with Gasteiger partial charge in [-0.2, -0.15) is 0 Å². The molecule has 0 aliphatic rings. The van der Waals surface area contributed by atoms with Gasteiger partial charge in [-0.25, -0.2) is 0 Å². The van der Waals surface area contributed by atoms with Crippen LogP contribution < -0.4 is 29.6 Å². The van der Waals surface area contributed by atoms with E-state index in [1.165, 1.54) is 0 Å². The molecule has 0 heterocycles. The van der Waals surface area contributed by atoms with Gasteiger partial charge in [0.15, 0.2) is 29.0 Å². The predicted molar refractivity (Wildman–Crippen MR) is 123 cm³/mol. The number of anilines is 1. The molecule has 0 bridgehead atoms. The van der Waals surface area contributed by atoms with E-state index in [-0.39, 0.29) is 24.0 Å². The highest BCUT2D eigenvalue weighted by atomic mass is 127. The van der Waals surface area contributed by atoms with Crippen molar-refractivity contribution in [2.24, 2.45) is 4.99 Å². The first-order valence-electron chi connectivity index (χ1n) is 8.64. The highest BCUT2D eigenvalue weighted by molar-refractivity contribution is 14.0. The van der Waals surface area contributed by atoms with Crippen molar-refractivity contribution < 1.29 is 18.9 Å². The third-order valence-corrected chi connectivity index (χ3v) is 3.86. The van der Waals surface area contributed by atoms with Crippen LogP contribution in [0.1, 0.15) is 12.5 Å². The third kappa shape index (κ3) is 6.36. The molecule has 154 valence electrons. The summed E-state index contributed by atoms with van der Waals surface area (Å²) in [5.41, 5.74) is 1.89. The summed E-state index contributed by atoms with van der Waals surface area (Å²) in [6, 6.07) is 11.4. The van der Waals surface area contributed by atoms with E-state index in [0.29, 0.717) is 42.1 Å². The first-order chi connectivity index (χ1) is 13.1. The van der Waals surface area contributed by atoms with Crippen molar-refractivity contribution in [2.75, 3.05) is 40.3 Å². The molecule has 2 aromatic carbocycles. The minimum absolute atomic E-state index is 0. The molecule has 0 saturated carbocycles. The molecule has 8 heteroatoms. The van der Waals surface area contributed by atoms with E-state index >= 15 is 0 Å². The summed E-state index contributed by atoms with van der Waals surface area (Å²) in [4.78, 5) is 4.26. The van der Waals surface area contributed by atoms with Gasteiger partial charge in [0.05, 0.1) is 27.9 Å². The lowest BCUT2D eigenvalue weighted by Gasteiger charge is -2.15. The van der Waals surface area contributed by atoms with Crippen LogP contribution in [0, 0.1) is 0 Å². The minimum atomic E-state index is 0. The summed E-state index contributed by atoms with van der Waals surface area (Å²) in [6.07, 6.45) is 0. The Morgan fingerprint density at radius 1 is 0.893 bits per heavy atom. The fraction of sp³-hybridized carbons (Fsp3) is 0.350. The van der Waals surface area contributed by atoms with Gasteiger partial charge in [0, 0.05) is 25.3 Å². The van der Waals surface area contributed by atoms with E-state index in [1.807, 2.05) is 43.3 Å². The second-order valence-electron chi connectivity index (χ2n) is 5.54. The highest BCUT2D eigenvalue weighted by Crippen LogP contribution is 2.30. The number of rotatable bonds is 8. The Hall–Kier alpha value is -2.36. The Balaban J connectivity index is 0.00000392. The Morgan fingerprint density at radius 2 is 1.54 bits per heavy atom. The molecular formula is C20H28IN3O4. The number of methoxy groups -OCH3 is 3. The fourth-order valence-electron chi connectivity index (χ4n) is 2.52. The number of ether oxygens (including phenoxy) is 4. The molecule has 0 amide bonds. The van der Waals surface area contributed by atoms with Crippen LogP contribution in [-0.4, -0.2) is 40.9 Å². The predicted octanol–water partition coefficient (Wildman–Crippen LogP) is 3.92. The highest BCUT2D eigenvalue weighted by Gasteiger charge is 2.08. The smallest absolute Gasteiger partial charge is 0.195 e. The normalized spacial score (nSPS) is 10.5. The van der Waals surface area contributed by atoms with Crippen molar-refractivity contribution in [3.05, 3.63) is 42.0 Å². The zero-order chi connectivity index (χ0) is 19.6. The molecule has 28 heavy (non-hydrogen) atoms. The average Bonchev–Trinajstić information content (AvgIpc) is 2.71. The van der Waals surface area contributed by atoms with Crippen molar-refractivity contribution in [3.8, 4) is 23.0 Å². The monoisotopic (exact) mass is 501 g/mol. The van der Waals surface area contributed by atoms with Gasteiger partial charge in [-0.15, -0.1) is 24.0 Å². The molecule has 0 radical (unpaired) electrons. The standard InChI is InChI=1S/C20H27N3O4.HI/c1-6-27-19-12-15(8-10-17(19)25-4)23-20(21-2)22-13-14-7-9-16(24-3)18(11-14)26-5;/h7-12H,6,13H2,1-5H3,(H2,21,22,23);1H. The first kappa shape index (κ1) is 23.7. The number of halogens is 1. The van der Waals surface area contributed by atoms with Gasteiger partial charge in [-0.05, 0) is 36.8 Å². The molecule has 0 aliphatic heterocycles. The number of guanidine groups is 1. The summed E-state index contributed by atoms with van der Waals surface area (Å²) in [6.45, 7) is 3.07. The number of hydrogen-bond acceptors (Lipinski definition) is 5. The van der Waals surface area contributed by atoms with Crippen LogP contribution in [-0.2, 0) is 6.54 Å². The third-order valence-electron chi connectivity index (χ3n) is 3.86. The van der Waals surface area contributed by atoms with E-state index in [1.54, 1.807) is 28.4 Å². The maximum absolute atomic E-state index is 5.61. The topological polar surface area (TPSA) is 73.3 Å². The van der Waals surface area contributed by atoms with Crippen molar-refractivity contribution in [3.63, 3.8) is 0 Å². The SMILES string of the molecule is CCOc1cc(NC(=NC)NCc2ccc(OC)c(OC)c2)ccc1OC.I. The summed E-state index contributed by atoms with van der Waals surface area (Å²) in [5, 5.41) is 6.52. The van der Waals surface area contributed by atoms with Gasteiger partial charge in [0.2, 0.25) is 0 Å². The number of nitrogens with one attached hydrogen (secondary N) is 2. The van der Waals surface area contributed by atoms with Gasteiger partial charge in [-0.3, -0.25) is 4.99 Å². The van der Waals surface area contributed by atoms with Crippen molar-refractivity contribution in [1.29, 1.82) is 0 Å². The maximum Gasteiger partial charge on any atom is 0.195 e. The average molecular weight is 501 g/mol. The summed E-state index contributed by atoms with van der Waals surface area (Å²) in [5.74, 6) is 3.40. The van der Waals surface area contributed by atoms with Crippen LogP contribution in [0.5, 0.6) is 23.0 Å². The van der Waals surface area contributed by atoms with E-state index in [2.05, 4.69) is 15.6 Å². The van der Waals surface area contributed by atoms with Crippen molar-refractivity contribution >= 4 is 35.6 Å². The molecule has 0 unspecified atom stereocenters. The Labute approximate surface area is 183 Å². The lowest BCUT2D eigenvalue weighted by molar-refractivity contribution is 0.311. The molecule has 0 fully saturated rings. The van der Waals surface area contributed by atoms with Gasteiger partial charge in [-0.1, -0.05) is 6.07 Å². The molecule has 2 N–H and O–H groups in total. The number of aliphatic imine (C=N–C) groups is 1. The van der Waals surface area contributed by atoms with E-state index in [9.17, 15) is 0 Å². The molecule has 0 aliphatic carbocycles. The molecule has 0 atom stereocenters. The summed E-state index contributed by atoms with van der Waals surface area (Å²) >= 11 is 0. The second-order valence-corrected chi connectivity index (χ2v) is 5.54. The van der Waals surface area contributed by atoms with Crippen molar-refractivity contribution in [1.82, 2.24) is 5.32 Å². The van der Waals surface area contributed by atoms with E-state index < -0.39 is 0 Å². The lowest BCUT2D eigenvalue weighted by atomic mass is 10.2. The number of benzene rings is 2. The molecule has 0 aromatic heterocycles. The molecule has 2 rings (SSSR count). The zero-order valence-corrected chi connectivity index (χ0v) is 19.2. The van der Waals surface area contributed by atoms with Crippen LogP contribution in [0.25, 0.3) is 0 Å². The van der Waals surface area contributed by atoms with Crippen LogP contribution in [0.3, 0.4) is 0 Å². The maximum atomic E-state index is 5.61. The van der Waals surface area contributed by atoms with E-state index in [0.717, 1.165) is 11.3 Å². The molecule has 2 aromatic rings. The Bertz CT molecular complexity index is 784. The molecule has 0 saturated heterocycles. The minimum Gasteiger partial charge on any atom is -0.493 e. The fourth-order valence-corrected chi connectivity index (χ4v) is 2.52.